The molecular formula is C24H20N4O4. The molecule has 2 aromatic heterocycles. The zero-order chi connectivity index (χ0) is 22.7. The summed E-state index contributed by atoms with van der Waals surface area (Å²) in [5, 5.41) is 13.5. The van der Waals surface area contributed by atoms with Gasteiger partial charge in [0.2, 0.25) is 5.91 Å². The number of methoxy groups -OCH3 is 1. The number of aromatic nitrogens is 2. The number of anilines is 1. The van der Waals surface area contributed by atoms with E-state index in [4.69, 9.17) is 9.72 Å². The van der Waals surface area contributed by atoms with Crippen LogP contribution in [-0.4, -0.2) is 27.3 Å². The maximum atomic E-state index is 12.3. The molecule has 1 amide bonds. The molecule has 1 N–H and O–H groups in total. The van der Waals surface area contributed by atoms with E-state index in [0.717, 1.165) is 28.3 Å². The minimum Gasteiger partial charge on any atom is -0.497 e. The number of non-ortho nitro benzene ring substituents is 1. The monoisotopic (exact) mass is 428 g/mol. The second-order valence-electron chi connectivity index (χ2n) is 7.09. The zero-order valence-corrected chi connectivity index (χ0v) is 17.5. The van der Waals surface area contributed by atoms with Gasteiger partial charge in [0.05, 0.1) is 23.4 Å². The molecule has 0 aliphatic carbocycles. The number of hydrogen-bond donors (Lipinski definition) is 1. The zero-order valence-electron chi connectivity index (χ0n) is 17.5. The number of ether oxygens (including phenoxy) is 1. The van der Waals surface area contributed by atoms with Crippen LogP contribution in [0.2, 0.25) is 0 Å². The van der Waals surface area contributed by atoms with Crippen molar-refractivity contribution < 1.29 is 14.5 Å². The number of nitro groups is 1. The van der Waals surface area contributed by atoms with Gasteiger partial charge in [0.25, 0.3) is 5.69 Å². The topological polar surface area (TPSA) is 98.8 Å². The molecule has 0 saturated carbocycles. The van der Waals surface area contributed by atoms with Crippen LogP contribution in [0.1, 0.15) is 11.3 Å². The fourth-order valence-corrected chi connectivity index (χ4v) is 3.32. The standard InChI is InChI=1S/C24H20N4O4/c1-16-24(18-6-11-21(32-2)12-7-18)26-22-13-8-19(15-27(16)22)25-23(29)14-5-17-3-9-20(10-4-17)28(30)31/h3-15H,1-2H3,(H,25,29)/b14-5+. The first-order chi connectivity index (χ1) is 15.4. The van der Waals surface area contributed by atoms with Gasteiger partial charge in [-0.3, -0.25) is 14.9 Å². The smallest absolute Gasteiger partial charge is 0.269 e. The average Bonchev–Trinajstić information content (AvgIpc) is 3.14. The van der Waals surface area contributed by atoms with E-state index >= 15 is 0 Å². The van der Waals surface area contributed by atoms with Gasteiger partial charge in [-0.15, -0.1) is 0 Å². The molecule has 4 aromatic rings. The predicted octanol–water partition coefficient (Wildman–Crippen LogP) is 4.88. The van der Waals surface area contributed by atoms with Crippen molar-refractivity contribution in [2.24, 2.45) is 0 Å². The fourth-order valence-electron chi connectivity index (χ4n) is 3.32. The molecule has 0 fully saturated rings. The third-order valence-electron chi connectivity index (χ3n) is 5.02. The van der Waals surface area contributed by atoms with Crippen LogP contribution in [0.15, 0.2) is 72.9 Å². The number of aryl methyl sites for hydroxylation is 1. The summed E-state index contributed by atoms with van der Waals surface area (Å²) in [7, 11) is 1.63. The number of rotatable bonds is 6. The van der Waals surface area contributed by atoms with Gasteiger partial charge in [-0.2, -0.15) is 0 Å². The highest BCUT2D eigenvalue weighted by atomic mass is 16.6. The molecule has 2 heterocycles. The van der Waals surface area contributed by atoms with Crippen molar-refractivity contribution in [1.82, 2.24) is 9.38 Å². The quantitative estimate of drug-likeness (QED) is 0.268. The Morgan fingerprint density at radius 2 is 1.81 bits per heavy atom. The summed E-state index contributed by atoms with van der Waals surface area (Å²) in [6.45, 7) is 1.97. The Labute approximate surface area is 183 Å². The number of pyridine rings is 1. The Kier molecular flexibility index (Phi) is 5.67. The number of amides is 1. The second kappa shape index (κ2) is 8.73. The van der Waals surface area contributed by atoms with Crippen LogP contribution >= 0.6 is 0 Å². The van der Waals surface area contributed by atoms with Gasteiger partial charge in [-0.05, 0) is 67.1 Å². The molecular weight excluding hydrogens is 408 g/mol. The van der Waals surface area contributed by atoms with Gasteiger partial charge in [-0.25, -0.2) is 4.98 Å². The summed E-state index contributed by atoms with van der Waals surface area (Å²) in [4.78, 5) is 27.3. The molecule has 0 radical (unpaired) electrons. The third kappa shape index (κ3) is 4.34. The van der Waals surface area contributed by atoms with Gasteiger partial charge < -0.3 is 14.5 Å². The van der Waals surface area contributed by atoms with E-state index in [9.17, 15) is 14.9 Å². The average molecular weight is 428 g/mol. The Morgan fingerprint density at radius 1 is 1.09 bits per heavy atom. The number of benzene rings is 2. The lowest BCUT2D eigenvalue weighted by atomic mass is 10.1. The van der Waals surface area contributed by atoms with Crippen LogP contribution in [0.25, 0.3) is 23.0 Å². The molecule has 0 aliphatic heterocycles. The highest BCUT2D eigenvalue weighted by Crippen LogP contribution is 2.26. The highest BCUT2D eigenvalue weighted by molar-refractivity contribution is 6.01. The Balaban J connectivity index is 1.51. The third-order valence-corrected chi connectivity index (χ3v) is 5.02. The van der Waals surface area contributed by atoms with Gasteiger partial charge in [0.1, 0.15) is 11.4 Å². The van der Waals surface area contributed by atoms with Crippen LogP contribution in [0.5, 0.6) is 5.75 Å². The van der Waals surface area contributed by atoms with E-state index in [2.05, 4.69) is 5.32 Å². The Morgan fingerprint density at radius 3 is 2.47 bits per heavy atom. The number of fused-ring (bicyclic) bond motifs is 1. The first-order valence-corrected chi connectivity index (χ1v) is 9.81. The summed E-state index contributed by atoms with van der Waals surface area (Å²) >= 11 is 0. The molecule has 4 rings (SSSR count). The number of hydrogen-bond acceptors (Lipinski definition) is 5. The largest absolute Gasteiger partial charge is 0.497 e. The molecule has 32 heavy (non-hydrogen) atoms. The van der Waals surface area contributed by atoms with Crippen molar-refractivity contribution in [2.45, 2.75) is 6.92 Å². The molecule has 0 aliphatic rings. The van der Waals surface area contributed by atoms with Crippen LogP contribution in [-0.2, 0) is 4.79 Å². The molecule has 0 bridgehead atoms. The van der Waals surface area contributed by atoms with Crippen molar-refractivity contribution in [3.05, 3.63) is 94.3 Å². The normalized spacial score (nSPS) is 11.1. The van der Waals surface area contributed by atoms with Crippen molar-refractivity contribution in [3.63, 3.8) is 0 Å². The maximum Gasteiger partial charge on any atom is 0.269 e. The summed E-state index contributed by atoms with van der Waals surface area (Å²) in [5.41, 5.74) is 4.87. The van der Waals surface area contributed by atoms with E-state index in [0.29, 0.717) is 11.3 Å². The molecule has 0 saturated heterocycles. The van der Waals surface area contributed by atoms with E-state index in [-0.39, 0.29) is 11.6 Å². The molecule has 2 aromatic carbocycles. The Bertz CT molecular complexity index is 1320. The van der Waals surface area contributed by atoms with Crippen LogP contribution in [0.3, 0.4) is 0 Å². The van der Waals surface area contributed by atoms with Crippen molar-refractivity contribution >= 4 is 29.0 Å². The minimum absolute atomic E-state index is 0.00427. The van der Waals surface area contributed by atoms with Gasteiger partial charge >= 0.3 is 0 Å². The van der Waals surface area contributed by atoms with Crippen molar-refractivity contribution in [2.75, 3.05) is 12.4 Å². The van der Waals surface area contributed by atoms with E-state index < -0.39 is 4.92 Å². The lowest BCUT2D eigenvalue weighted by molar-refractivity contribution is -0.384. The molecule has 0 spiro atoms. The number of nitro benzene ring substituents is 1. The van der Waals surface area contributed by atoms with Crippen molar-refractivity contribution in [1.29, 1.82) is 0 Å². The minimum atomic E-state index is -0.464. The number of imidazole rings is 1. The molecule has 160 valence electrons. The molecule has 8 nitrogen and oxygen atoms in total. The van der Waals surface area contributed by atoms with Crippen LogP contribution in [0, 0.1) is 17.0 Å². The van der Waals surface area contributed by atoms with E-state index in [1.54, 1.807) is 31.4 Å². The van der Waals surface area contributed by atoms with E-state index in [1.165, 1.54) is 18.2 Å². The highest BCUT2D eigenvalue weighted by Gasteiger charge is 2.11. The van der Waals surface area contributed by atoms with E-state index in [1.807, 2.05) is 47.9 Å². The first-order valence-electron chi connectivity index (χ1n) is 9.81. The van der Waals surface area contributed by atoms with Gasteiger partial charge in [0, 0.05) is 35.7 Å². The van der Waals surface area contributed by atoms with Crippen LogP contribution in [0.4, 0.5) is 11.4 Å². The SMILES string of the molecule is COc1ccc(-c2nc3ccc(NC(=O)/C=C/c4ccc([N+](=O)[O-])cc4)cn3c2C)cc1. The van der Waals surface area contributed by atoms with Gasteiger partial charge in [-0.1, -0.05) is 0 Å². The lowest BCUT2D eigenvalue weighted by Crippen LogP contribution is -2.08. The Hall–Kier alpha value is -4.46. The van der Waals surface area contributed by atoms with Crippen LogP contribution < -0.4 is 10.1 Å². The number of carbonyl (C=O) groups is 1. The molecule has 0 unspecified atom stereocenters. The lowest BCUT2D eigenvalue weighted by Gasteiger charge is -2.05. The number of nitrogens with zero attached hydrogens (tertiary/aromatic N) is 3. The molecule has 8 heteroatoms. The summed E-state index contributed by atoms with van der Waals surface area (Å²) in [5.74, 6) is 0.470. The summed E-state index contributed by atoms with van der Waals surface area (Å²) in [6.07, 6.45) is 4.80. The second-order valence-corrected chi connectivity index (χ2v) is 7.09. The van der Waals surface area contributed by atoms with Crippen molar-refractivity contribution in [3.8, 4) is 17.0 Å². The summed E-state index contributed by atoms with van der Waals surface area (Å²) in [6, 6.07) is 17.3. The first kappa shape index (κ1) is 20.8. The molecule has 0 atom stereocenters. The predicted molar refractivity (Wildman–Crippen MR) is 123 cm³/mol. The maximum absolute atomic E-state index is 12.3. The fraction of sp³-hybridized carbons (Fsp3) is 0.0833. The van der Waals surface area contributed by atoms with Gasteiger partial charge in [0.15, 0.2) is 0 Å². The number of carbonyl (C=O) groups excluding carboxylic acids is 1. The number of nitrogens with one attached hydrogen (secondary N) is 1. The summed E-state index contributed by atoms with van der Waals surface area (Å²) < 4.78 is 7.14.